The topological polar surface area (TPSA) is 74.8 Å². The van der Waals surface area contributed by atoms with Crippen molar-refractivity contribution in [3.8, 4) is 5.75 Å². The summed E-state index contributed by atoms with van der Waals surface area (Å²) in [6, 6.07) is 15.8. The van der Waals surface area contributed by atoms with Gasteiger partial charge in [-0.2, -0.15) is 0 Å². The molecule has 150 valence electrons. The zero-order valence-corrected chi connectivity index (χ0v) is 17.1. The number of nitrogens with zero attached hydrogens (tertiary/aromatic N) is 1. The van der Waals surface area contributed by atoms with Crippen LogP contribution in [0.5, 0.6) is 5.75 Å². The van der Waals surface area contributed by atoms with Crippen LogP contribution in [0.3, 0.4) is 0 Å². The summed E-state index contributed by atoms with van der Waals surface area (Å²) in [6.07, 6.45) is 0.129. The highest BCUT2D eigenvalue weighted by molar-refractivity contribution is 5.96. The number of benzene rings is 2. The molecule has 1 amide bonds. The largest absolute Gasteiger partial charge is 0.491 e. The number of nitrogens with one attached hydrogen (secondary N) is 3. The minimum atomic E-state index is -0.0754. The van der Waals surface area contributed by atoms with E-state index >= 15 is 0 Å². The van der Waals surface area contributed by atoms with Crippen LogP contribution in [0.4, 0.5) is 5.69 Å². The number of hydrogen-bond donors (Lipinski definition) is 3. The fourth-order valence-electron chi connectivity index (χ4n) is 2.54. The van der Waals surface area contributed by atoms with Crippen molar-refractivity contribution in [3.63, 3.8) is 0 Å². The summed E-state index contributed by atoms with van der Waals surface area (Å²) >= 11 is 0. The van der Waals surface area contributed by atoms with Crippen LogP contribution in [-0.2, 0) is 11.3 Å². The first-order chi connectivity index (χ1) is 13.5. The Balaban J connectivity index is 2.09. The van der Waals surface area contributed by atoms with Crippen LogP contribution >= 0.6 is 0 Å². The normalized spacial score (nSPS) is 11.2. The smallest absolute Gasteiger partial charge is 0.239 e. The first-order valence-electron chi connectivity index (χ1n) is 9.61. The van der Waals surface area contributed by atoms with Crippen molar-refractivity contribution < 1.29 is 9.53 Å². The third-order valence-corrected chi connectivity index (χ3v) is 3.95. The van der Waals surface area contributed by atoms with Gasteiger partial charge in [0.1, 0.15) is 5.75 Å². The zero-order chi connectivity index (χ0) is 20.4. The molecule has 0 spiro atoms. The number of guanidine groups is 1. The molecule has 6 heteroatoms. The maximum Gasteiger partial charge on any atom is 0.239 e. The number of aryl methyl sites for hydroxylation is 1. The molecule has 0 aliphatic rings. The lowest BCUT2D eigenvalue weighted by Crippen LogP contribution is -2.39. The predicted octanol–water partition coefficient (Wildman–Crippen LogP) is 3.48. The van der Waals surface area contributed by atoms with Crippen molar-refractivity contribution in [1.82, 2.24) is 10.6 Å². The summed E-state index contributed by atoms with van der Waals surface area (Å²) in [6.45, 7) is 9.22. The van der Waals surface area contributed by atoms with Crippen LogP contribution in [0, 0.1) is 6.92 Å². The summed E-state index contributed by atoms with van der Waals surface area (Å²) in [5.74, 6) is 1.29. The van der Waals surface area contributed by atoms with Gasteiger partial charge in [-0.1, -0.05) is 24.3 Å². The van der Waals surface area contributed by atoms with E-state index in [-0.39, 0.29) is 18.6 Å². The van der Waals surface area contributed by atoms with Crippen molar-refractivity contribution in [2.24, 2.45) is 4.99 Å². The van der Waals surface area contributed by atoms with Crippen LogP contribution in [-0.4, -0.2) is 31.1 Å². The SMILES string of the molecule is CCNC(=O)CNC(=NCc1ccccc1C)Nc1ccc(OC(C)C)cc1. The van der Waals surface area contributed by atoms with Gasteiger partial charge in [0.25, 0.3) is 0 Å². The third kappa shape index (κ3) is 7.31. The lowest BCUT2D eigenvalue weighted by Gasteiger charge is -2.14. The molecule has 0 bridgehead atoms. The van der Waals surface area contributed by atoms with Crippen LogP contribution < -0.4 is 20.7 Å². The van der Waals surface area contributed by atoms with Crippen molar-refractivity contribution in [2.75, 3.05) is 18.4 Å². The Morgan fingerprint density at radius 1 is 1.07 bits per heavy atom. The number of anilines is 1. The minimum Gasteiger partial charge on any atom is -0.491 e. The van der Waals surface area contributed by atoms with E-state index in [9.17, 15) is 4.79 Å². The Labute approximate surface area is 167 Å². The Hall–Kier alpha value is -3.02. The number of likely N-dealkylation sites (N-methyl/N-ethyl adjacent to an activating group) is 1. The van der Waals surface area contributed by atoms with E-state index in [0.29, 0.717) is 19.0 Å². The fourth-order valence-corrected chi connectivity index (χ4v) is 2.54. The number of hydrogen-bond acceptors (Lipinski definition) is 3. The fraction of sp³-hybridized carbons (Fsp3) is 0.364. The van der Waals surface area contributed by atoms with Crippen molar-refractivity contribution in [2.45, 2.75) is 40.3 Å². The molecule has 0 saturated carbocycles. The van der Waals surface area contributed by atoms with E-state index in [1.807, 2.05) is 57.2 Å². The molecular formula is C22H30N4O2. The van der Waals surface area contributed by atoms with Crippen molar-refractivity contribution in [3.05, 3.63) is 59.7 Å². The zero-order valence-electron chi connectivity index (χ0n) is 17.1. The van der Waals surface area contributed by atoms with E-state index in [1.54, 1.807) is 0 Å². The second-order valence-electron chi connectivity index (χ2n) is 6.71. The maximum atomic E-state index is 11.8. The second kappa shape index (κ2) is 11.0. The molecule has 2 aromatic rings. The van der Waals surface area contributed by atoms with E-state index in [4.69, 9.17) is 4.74 Å². The molecule has 0 atom stereocenters. The molecule has 0 aromatic heterocycles. The van der Waals surface area contributed by atoms with Gasteiger partial charge in [0.05, 0.1) is 19.2 Å². The van der Waals surface area contributed by atoms with E-state index in [1.165, 1.54) is 5.56 Å². The summed E-state index contributed by atoms with van der Waals surface area (Å²) < 4.78 is 5.67. The summed E-state index contributed by atoms with van der Waals surface area (Å²) in [4.78, 5) is 16.4. The van der Waals surface area contributed by atoms with Gasteiger partial charge in [-0.25, -0.2) is 4.99 Å². The molecule has 0 aliphatic carbocycles. The van der Waals surface area contributed by atoms with Gasteiger partial charge in [-0.05, 0) is 63.1 Å². The molecule has 0 radical (unpaired) electrons. The van der Waals surface area contributed by atoms with E-state index in [0.717, 1.165) is 17.0 Å². The number of aliphatic imine (C=N–C) groups is 1. The first-order valence-corrected chi connectivity index (χ1v) is 9.61. The average molecular weight is 383 g/mol. The van der Waals surface area contributed by atoms with Gasteiger partial charge in [0, 0.05) is 12.2 Å². The Morgan fingerprint density at radius 2 is 1.79 bits per heavy atom. The Morgan fingerprint density at radius 3 is 2.43 bits per heavy atom. The van der Waals surface area contributed by atoms with Crippen LogP contribution in [0.2, 0.25) is 0 Å². The number of rotatable bonds is 8. The quantitative estimate of drug-likeness (QED) is 0.483. The molecule has 6 nitrogen and oxygen atoms in total. The Kier molecular flexibility index (Phi) is 8.34. The predicted molar refractivity (Wildman–Crippen MR) is 115 cm³/mol. The number of ether oxygens (including phenoxy) is 1. The summed E-state index contributed by atoms with van der Waals surface area (Å²) in [5.41, 5.74) is 3.19. The molecule has 2 aromatic carbocycles. The second-order valence-corrected chi connectivity index (χ2v) is 6.71. The number of carbonyl (C=O) groups excluding carboxylic acids is 1. The van der Waals surface area contributed by atoms with Gasteiger partial charge >= 0.3 is 0 Å². The molecule has 2 rings (SSSR count). The minimum absolute atomic E-state index is 0.0754. The van der Waals surface area contributed by atoms with E-state index in [2.05, 4.69) is 40.0 Å². The molecule has 0 unspecified atom stereocenters. The van der Waals surface area contributed by atoms with Crippen molar-refractivity contribution >= 4 is 17.6 Å². The van der Waals surface area contributed by atoms with Gasteiger partial charge < -0.3 is 20.7 Å². The van der Waals surface area contributed by atoms with Crippen LogP contribution in [0.25, 0.3) is 0 Å². The maximum absolute atomic E-state index is 11.8. The van der Waals surface area contributed by atoms with Gasteiger partial charge in [-0.3, -0.25) is 4.79 Å². The van der Waals surface area contributed by atoms with E-state index < -0.39 is 0 Å². The highest BCUT2D eigenvalue weighted by Gasteiger charge is 2.06. The lowest BCUT2D eigenvalue weighted by molar-refractivity contribution is -0.119. The number of carbonyl (C=O) groups is 1. The monoisotopic (exact) mass is 382 g/mol. The lowest BCUT2D eigenvalue weighted by atomic mass is 10.1. The average Bonchev–Trinajstić information content (AvgIpc) is 2.66. The Bertz CT molecular complexity index is 785. The molecule has 0 heterocycles. The molecule has 0 fully saturated rings. The first kappa shape index (κ1) is 21.3. The summed E-state index contributed by atoms with van der Waals surface area (Å²) in [5, 5.41) is 9.11. The van der Waals surface area contributed by atoms with Gasteiger partial charge in [0.15, 0.2) is 5.96 Å². The molecule has 0 saturated heterocycles. The summed E-state index contributed by atoms with van der Waals surface area (Å²) in [7, 11) is 0. The van der Waals surface area contributed by atoms with Crippen LogP contribution in [0.15, 0.2) is 53.5 Å². The highest BCUT2D eigenvalue weighted by Crippen LogP contribution is 2.17. The highest BCUT2D eigenvalue weighted by atomic mass is 16.5. The molecule has 28 heavy (non-hydrogen) atoms. The molecule has 0 aliphatic heterocycles. The standard InChI is InChI=1S/C22H30N4O2/c1-5-23-21(27)15-25-22(24-14-18-9-7-6-8-17(18)4)26-19-10-12-20(13-11-19)28-16(2)3/h6-13,16H,5,14-15H2,1-4H3,(H,23,27)(H2,24,25,26). The van der Waals surface area contributed by atoms with Crippen molar-refractivity contribution in [1.29, 1.82) is 0 Å². The number of amides is 1. The molecular weight excluding hydrogens is 352 g/mol. The third-order valence-electron chi connectivity index (χ3n) is 3.95. The van der Waals surface area contributed by atoms with Gasteiger partial charge in [0.2, 0.25) is 5.91 Å². The van der Waals surface area contributed by atoms with Crippen LogP contribution in [0.1, 0.15) is 31.9 Å². The molecule has 3 N–H and O–H groups in total. The van der Waals surface area contributed by atoms with Gasteiger partial charge in [-0.15, -0.1) is 0 Å².